The van der Waals surface area contributed by atoms with Gasteiger partial charge in [-0.25, -0.2) is 0 Å². The van der Waals surface area contributed by atoms with Crippen molar-refractivity contribution in [3.8, 4) is 11.5 Å². The monoisotopic (exact) mass is 404 g/mol. The Kier molecular flexibility index (Phi) is 14.0. The molecule has 8 nitrogen and oxygen atoms in total. The normalized spacial score (nSPS) is 10.3. The van der Waals surface area contributed by atoms with Crippen LogP contribution in [0.3, 0.4) is 0 Å². The third kappa shape index (κ3) is 11.2. The van der Waals surface area contributed by atoms with E-state index in [0.717, 1.165) is 29.1 Å². The Hall–Kier alpha value is -3.29. The summed E-state index contributed by atoms with van der Waals surface area (Å²) in [6.45, 7) is 6.62. The van der Waals surface area contributed by atoms with E-state index in [1.165, 1.54) is 18.6 Å². The van der Waals surface area contributed by atoms with Gasteiger partial charge in [0.25, 0.3) is 5.56 Å². The van der Waals surface area contributed by atoms with Crippen LogP contribution in [0, 0.1) is 0 Å². The molecular formula is C21H32N4O4. The average molecular weight is 405 g/mol. The van der Waals surface area contributed by atoms with E-state index < -0.39 is 0 Å². The zero-order chi connectivity index (χ0) is 22.1. The summed E-state index contributed by atoms with van der Waals surface area (Å²) in [5.74, 6) is 1.51. The number of carbonyl (C=O) groups excluding carboxylic acids is 1. The second-order valence-electron chi connectivity index (χ2n) is 5.87. The highest BCUT2D eigenvalue weighted by atomic mass is 16.5. The third-order valence-electron chi connectivity index (χ3n) is 3.17. The predicted octanol–water partition coefficient (Wildman–Crippen LogP) is 3.39. The van der Waals surface area contributed by atoms with Gasteiger partial charge in [-0.2, -0.15) is 5.10 Å². The molecule has 0 fully saturated rings. The molecule has 0 unspecified atom stereocenters. The fourth-order valence-electron chi connectivity index (χ4n) is 2.10. The number of H-pyrrole nitrogens is 2. The number of carbonyl (C=O) groups is 1. The molecule has 1 aromatic carbocycles. The molecule has 0 bridgehead atoms. The fraction of sp³-hybridized carbons (Fsp3) is 0.381. The Balaban J connectivity index is 0.000000717. The highest BCUT2D eigenvalue weighted by Crippen LogP contribution is 2.29. The summed E-state index contributed by atoms with van der Waals surface area (Å²) in [7, 11) is 5.10. The van der Waals surface area contributed by atoms with Crippen molar-refractivity contribution < 1.29 is 14.3 Å². The van der Waals surface area contributed by atoms with Crippen molar-refractivity contribution >= 4 is 12.0 Å². The number of hydrogen-bond acceptors (Lipinski definition) is 6. The minimum absolute atomic E-state index is 0.0880. The molecule has 2 aromatic rings. The number of aldehydes is 1. The van der Waals surface area contributed by atoms with Crippen LogP contribution in [-0.4, -0.2) is 48.5 Å². The lowest BCUT2D eigenvalue weighted by atomic mass is 10.1. The molecule has 0 aliphatic rings. The van der Waals surface area contributed by atoms with Gasteiger partial charge in [-0.1, -0.05) is 26.3 Å². The first-order valence-electron chi connectivity index (χ1n) is 9.23. The lowest BCUT2D eigenvalue weighted by Crippen LogP contribution is -2.14. The Morgan fingerprint density at radius 2 is 1.76 bits per heavy atom. The van der Waals surface area contributed by atoms with Crippen LogP contribution in [0.15, 0.2) is 52.5 Å². The highest BCUT2D eigenvalue weighted by molar-refractivity contribution is 5.95. The van der Waals surface area contributed by atoms with E-state index in [1.807, 2.05) is 32.2 Å². The first-order chi connectivity index (χ1) is 13.9. The molecule has 0 atom stereocenters. The first-order valence-corrected chi connectivity index (χ1v) is 9.23. The Bertz CT molecular complexity index is 770. The zero-order valence-electron chi connectivity index (χ0n) is 18.1. The summed E-state index contributed by atoms with van der Waals surface area (Å²) in [4.78, 5) is 20.2. The molecule has 0 radical (unpaired) electrons. The quantitative estimate of drug-likeness (QED) is 0.319. The van der Waals surface area contributed by atoms with Gasteiger partial charge < -0.3 is 14.6 Å². The lowest BCUT2D eigenvalue weighted by molar-refractivity contribution is -0.104. The van der Waals surface area contributed by atoms with Crippen LogP contribution in [0.4, 0.5) is 0 Å². The van der Waals surface area contributed by atoms with Crippen LogP contribution < -0.4 is 15.0 Å². The van der Waals surface area contributed by atoms with Crippen LogP contribution in [0.1, 0.15) is 32.8 Å². The van der Waals surface area contributed by atoms with Crippen LogP contribution >= 0.6 is 0 Å². The second kappa shape index (κ2) is 15.7. The SMILES string of the molecule is CCC.COc1cccc(OC)c1CN(C)/N=C(C)\C=C\C=O.O=c1cc[nH][nH]1. The molecule has 0 aliphatic carbocycles. The van der Waals surface area contributed by atoms with Gasteiger partial charge in [0, 0.05) is 19.3 Å². The largest absolute Gasteiger partial charge is 0.496 e. The summed E-state index contributed by atoms with van der Waals surface area (Å²) in [5, 5.41) is 10.9. The van der Waals surface area contributed by atoms with Gasteiger partial charge in [0.05, 0.1) is 32.0 Å². The molecule has 0 amide bonds. The van der Waals surface area contributed by atoms with Gasteiger partial charge in [-0.3, -0.25) is 19.7 Å². The minimum atomic E-state index is -0.0880. The van der Waals surface area contributed by atoms with Crippen LogP contribution in [0.25, 0.3) is 0 Å². The number of allylic oxidation sites excluding steroid dienone is 2. The molecule has 0 spiro atoms. The van der Waals surface area contributed by atoms with Crippen molar-refractivity contribution in [2.75, 3.05) is 21.3 Å². The summed E-state index contributed by atoms with van der Waals surface area (Å²) in [6, 6.07) is 7.06. The molecular weight excluding hydrogens is 372 g/mol. The van der Waals surface area contributed by atoms with Crippen molar-refractivity contribution in [1.82, 2.24) is 15.2 Å². The maximum absolute atomic E-state index is 10.3. The molecule has 1 aromatic heterocycles. The van der Waals surface area contributed by atoms with Crippen molar-refractivity contribution in [2.24, 2.45) is 5.10 Å². The van der Waals surface area contributed by atoms with E-state index in [2.05, 4.69) is 29.1 Å². The third-order valence-corrected chi connectivity index (χ3v) is 3.17. The molecule has 160 valence electrons. The average Bonchev–Trinajstić information content (AvgIpc) is 3.18. The number of aromatic amines is 2. The number of hydrogen-bond donors (Lipinski definition) is 2. The van der Waals surface area contributed by atoms with E-state index in [4.69, 9.17) is 9.47 Å². The summed E-state index contributed by atoms with van der Waals surface area (Å²) in [6.07, 6.45) is 6.59. The van der Waals surface area contributed by atoms with Crippen molar-refractivity contribution in [3.63, 3.8) is 0 Å². The smallest absolute Gasteiger partial charge is 0.263 e. The molecule has 1 heterocycles. The molecule has 8 heteroatoms. The standard InChI is InChI=1S/C15H20N2O3.C3H4N2O.C3H8/c1-12(7-6-10-18)16-17(2)11-13-14(19-3)8-5-9-15(13)20-4;6-3-1-2-4-5-3;1-3-2/h5-10H,11H2,1-4H3;1-2H,(H2,4,5,6);3H2,1-2H3/b7-6+,16-12-;;. The van der Waals surface area contributed by atoms with E-state index in [9.17, 15) is 9.59 Å². The summed E-state index contributed by atoms with van der Waals surface area (Å²) >= 11 is 0. The van der Waals surface area contributed by atoms with Crippen LogP contribution in [0.5, 0.6) is 11.5 Å². The number of ether oxygens (including phenoxy) is 2. The molecule has 0 saturated carbocycles. The molecule has 29 heavy (non-hydrogen) atoms. The predicted molar refractivity (Wildman–Crippen MR) is 117 cm³/mol. The van der Waals surface area contributed by atoms with E-state index in [1.54, 1.807) is 31.5 Å². The number of aromatic nitrogens is 2. The van der Waals surface area contributed by atoms with E-state index in [-0.39, 0.29) is 5.56 Å². The number of nitrogens with one attached hydrogen (secondary N) is 2. The highest BCUT2D eigenvalue weighted by Gasteiger charge is 2.11. The van der Waals surface area contributed by atoms with Crippen molar-refractivity contribution in [3.05, 3.63) is 58.5 Å². The number of hydrazone groups is 1. The molecule has 0 saturated heterocycles. The maximum atomic E-state index is 10.3. The fourth-order valence-corrected chi connectivity index (χ4v) is 2.10. The van der Waals surface area contributed by atoms with Crippen molar-refractivity contribution in [1.29, 1.82) is 0 Å². The second-order valence-corrected chi connectivity index (χ2v) is 5.87. The zero-order valence-corrected chi connectivity index (χ0v) is 18.1. The van der Waals surface area contributed by atoms with Crippen molar-refractivity contribution in [2.45, 2.75) is 33.7 Å². The van der Waals surface area contributed by atoms with Gasteiger partial charge in [-0.05, 0) is 31.2 Å². The summed E-state index contributed by atoms with van der Waals surface area (Å²) < 4.78 is 10.7. The van der Waals surface area contributed by atoms with Gasteiger partial charge in [0.15, 0.2) is 0 Å². The number of methoxy groups -OCH3 is 2. The van der Waals surface area contributed by atoms with Gasteiger partial charge in [0.1, 0.15) is 17.8 Å². The van der Waals surface area contributed by atoms with Gasteiger partial charge in [-0.15, -0.1) is 0 Å². The maximum Gasteiger partial charge on any atom is 0.263 e. The van der Waals surface area contributed by atoms with Gasteiger partial charge in [0.2, 0.25) is 0 Å². The Morgan fingerprint density at radius 3 is 2.14 bits per heavy atom. The first kappa shape index (κ1) is 25.7. The number of benzene rings is 1. The Labute approximate surface area is 172 Å². The Morgan fingerprint density at radius 1 is 1.17 bits per heavy atom. The van der Waals surface area contributed by atoms with Crippen LogP contribution in [0.2, 0.25) is 0 Å². The van der Waals surface area contributed by atoms with E-state index >= 15 is 0 Å². The van der Waals surface area contributed by atoms with Crippen LogP contribution in [-0.2, 0) is 11.3 Å². The molecule has 2 N–H and O–H groups in total. The molecule has 0 aliphatic heterocycles. The van der Waals surface area contributed by atoms with E-state index in [0.29, 0.717) is 6.54 Å². The molecule has 2 rings (SSSR count). The van der Waals surface area contributed by atoms with Gasteiger partial charge >= 0.3 is 0 Å². The minimum Gasteiger partial charge on any atom is -0.496 e. The number of rotatable bonds is 7. The number of nitrogens with zero attached hydrogens (tertiary/aromatic N) is 2. The topological polar surface area (TPSA) is 99.8 Å². The summed E-state index contributed by atoms with van der Waals surface area (Å²) in [5.41, 5.74) is 1.58. The lowest BCUT2D eigenvalue weighted by Gasteiger charge is -2.18.